The SMILES string of the molecule is CCCCc1nc2cc(C)cnc2n1C(C)(C)C(=O)O. The molecule has 0 aliphatic carbocycles. The average molecular weight is 275 g/mol. The van der Waals surface area contributed by atoms with Crippen molar-refractivity contribution in [3.8, 4) is 0 Å². The first kappa shape index (κ1) is 14.5. The first-order valence-corrected chi connectivity index (χ1v) is 6.95. The zero-order valence-corrected chi connectivity index (χ0v) is 12.5. The number of nitrogens with zero attached hydrogens (tertiary/aromatic N) is 3. The Bertz CT molecular complexity index is 644. The van der Waals surface area contributed by atoms with Crippen molar-refractivity contribution >= 4 is 17.1 Å². The Labute approximate surface area is 118 Å². The fourth-order valence-corrected chi connectivity index (χ4v) is 2.30. The first-order valence-electron chi connectivity index (χ1n) is 6.95. The van der Waals surface area contributed by atoms with Crippen molar-refractivity contribution in [3.63, 3.8) is 0 Å². The number of aliphatic carboxylic acids is 1. The molecule has 2 heterocycles. The van der Waals surface area contributed by atoms with Crippen LogP contribution in [-0.2, 0) is 16.8 Å². The summed E-state index contributed by atoms with van der Waals surface area (Å²) in [5.41, 5.74) is 1.39. The van der Waals surface area contributed by atoms with Gasteiger partial charge < -0.3 is 5.11 Å². The summed E-state index contributed by atoms with van der Waals surface area (Å²) >= 11 is 0. The number of hydrogen-bond acceptors (Lipinski definition) is 3. The van der Waals surface area contributed by atoms with Gasteiger partial charge in [-0.3, -0.25) is 4.57 Å². The van der Waals surface area contributed by atoms with Crippen LogP contribution in [0, 0.1) is 6.92 Å². The predicted octanol–water partition coefficient (Wildman–Crippen LogP) is 2.90. The molecule has 0 aliphatic rings. The molecule has 0 aliphatic heterocycles. The molecule has 5 nitrogen and oxygen atoms in total. The largest absolute Gasteiger partial charge is 0.480 e. The van der Waals surface area contributed by atoms with Gasteiger partial charge in [0.2, 0.25) is 0 Å². The Hall–Kier alpha value is -1.91. The minimum Gasteiger partial charge on any atom is -0.480 e. The van der Waals surface area contributed by atoms with Crippen LogP contribution in [0.5, 0.6) is 0 Å². The molecule has 20 heavy (non-hydrogen) atoms. The number of hydrogen-bond donors (Lipinski definition) is 1. The molecule has 0 fully saturated rings. The number of unbranched alkanes of at least 4 members (excludes halogenated alkanes) is 1. The van der Waals surface area contributed by atoms with Crippen molar-refractivity contribution in [2.75, 3.05) is 0 Å². The predicted molar refractivity (Wildman–Crippen MR) is 77.8 cm³/mol. The molecule has 0 bridgehead atoms. The van der Waals surface area contributed by atoms with Gasteiger partial charge in [0.15, 0.2) is 5.65 Å². The van der Waals surface area contributed by atoms with Crippen LogP contribution in [0.3, 0.4) is 0 Å². The number of aryl methyl sites for hydroxylation is 2. The van der Waals surface area contributed by atoms with Gasteiger partial charge in [0.25, 0.3) is 0 Å². The van der Waals surface area contributed by atoms with Gasteiger partial charge in [-0.15, -0.1) is 0 Å². The third kappa shape index (κ3) is 2.40. The molecular formula is C15H21N3O2. The summed E-state index contributed by atoms with van der Waals surface area (Å²) in [5.74, 6) is -0.0794. The van der Waals surface area contributed by atoms with Crippen LogP contribution >= 0.6 is 0 Å². The maximum absolute atomic E-state index is 11.6. The number of carbonyl (C=O) groups is 1. The van der Waals surface area contributed by atoms with Crippen LogP contribution in [-0.4, -0.2) is 25.6 Å². The molecule has 5 heteroatoms. The zero-order chi connectivity index (χ0) is 14.9. The maximum Gasteiger partial charge on any atom is 0.329 e. The summed E-state index contributed by atoms with van der Waals surface area (Å²) in [6.07, 6.45) is 4.55. The molecule has 0 atom stereocenters. The van der Waals surface area contributed by atoms with Gasteiger partial charge in [-0.05, 0) is 38.8 Å². The van der Waals surface area contributed by atoms with Gasteiger partial charge >= 0.3 is 5.97 Å². The summed E-state index contributed by atoms with van der Waals surface area (Å²) < 4.78 is 1.76. The lowest BCUT2D eigenvalue weighted by Gasteiger charge is -2.24. The summed E-state index contributed by atoms with van der Waals surface area (Å²) in [6, 6.07) is 1.95. The van der Waals surface area contributed by atoms with E-state index in [1.54, 1.807) is 24.6 Å². The second-order valence-electron chi connectivity index (χ2n) is 5.69. The minimum absolute atomic E-state index is 0.647. The van der Waals surface area contributed by atoms with E-state index in [0.29, 0.717) is 5.65 Å². The van der Waals surface area contributed by atoms with Gasteiger partial charge in [0.05, 0.1) is 0 Å². The highest BCUT2D eigenvalue weighted by atomic mass is 16.4. The number of fused-ring (bicyclic) bond motifs is 1. The summed E-state index contributed by atoms with van der Waals surface area (Å²) in [4.78, 5) is 20.6. The maximum atomic E-state index is 11.6. The van der Waals surface area contributed by atoms with E-state index >= 15 is 0 Å². The molecule has 1 N–H and O–H groups in total. The lowest BCUT2D eigenvalue weighted by atomic mass is 10.1. The van der Waals surface area contributed by atoms with Crippen molar-refractivity contribution in [3.05, 3.63) is 23.7 Å². The number of pyridine rings is 1. The molecule has 2 aromatic rings. The smallest absolute Gasteiger partial charge is 0.329 e. The Balaban J connectivity index is 2.67. The van der Waals surface area contributed by atoms with Crippen LogP contribution in [0.25, 0.3) is 11.2 Å². The van der Waals surface area contributed by atoms with Gasteiger partial charge in [0.1, 0.15) is 16.9 Å². The van der Waals surface area contributed by atoms with E-state index in [0.717, 1.165) is 36.2 Å². The van der Waals surface area contributed by atoms with Gasteiger partial charge in [0, 0.05) is 12.6 Å². The van der Waals surface area contributed by atoms with Crippen LogP contribution in [0.4, 0.5) is 0 Å². The third-order valence-corrected chi connectivity index (χ3v) is 3.54. The van der Waals surface area contributed by atoms with E-state index < -0.39 is 11.5 Å². The molecule has 108 valence electrons. The van der Waals surface area contributed by atoms with Gasteiger partial charge in [-0.2, -0.15) is 0 Å². The lowest BCUT2D eigenvalue weighted by Crippen LogP contribution is -2.37. The molecule has 0 unspecified atom stereocenters. The number of rotatable bonds is 5. The molecule has 0 saturated heterocycles. The van der Waals surface area contributed by atoms with Crippen molar-refractivity contribution in [1.29, 1.82) is 0 Å². The molecule has 2 aromatic heterocycles. The van der Waals surface area contributed by atoms with Gasteiger partial charge in [-0.1, -0.05) is 13.3 Å². The Kier molecular flexibility index (Phi) is 3.79. The van der Waals surface area contributed by atoms with Crippen molar-refractivity contribution in [2.45, 2.75) is 52.5 Å². The monoisotopic (exact) mass is 275 g/mol. The molecule has 2 rings (SSSR count). The van der Waals surface area contributed by atoms with E-state index in [4.69, 9.17) is 0 Å². The number of imidazole rings is 1. The molecule has 0 saturated carbocycles. The summed E-state index contributed by atoms with van der Waals surface area (Å²) in [6.45, 7) is 7.44. The fraction of sp³-hybridized carbons (Fsp3) is 0.533. The topological polar surface area (TPSA) is 68.0 Å². The van der Waals surface area contributed by atoms with Crippen LogP contribution < -0.4 is 0 Å². The van der Waals surface area contributed by atoms with E-state index in [2.05, 4.69) is 16.9 Å². The molecule has 0 aromatic carbocycles. The van der Waals surface area contributed by atoms with Crippen LogP contribution in [0.2, 0.25) is 0 Å². The highest BCUT2D eigenvalue weighted by Gasteiger charge is 2.33. The van der Waals surface area contributed by atoms with E-state index in [9.17, 15) is 9.90 Å². The summed E-state index contributed by atoms with van der Waals surface area (Å²) in [7, 11) is 0. The van der Waals surface area contributed by atoms with Gasteiger partial charge in [-0.25, -0.2) is 14.8 Å². The van der Waals surface area contributed by atoms with Crippen molar-refractivity contribution in [1.82, 2.24) is 14.5 Å². The molecule has 0 amide bonds. The van der Waals surface area contributed by atoms with E-state index in [-0.39, 0.29) is 0 Å². The van der Waals surface area contributed by atoms with Crippen molar-refractivity contribution < 1.29 is 9.90 Å². The summed E-state index contributed by atoms with van der Waals surface area (Å²) in [5, 5.41) is 9.50. The number of aromatic nitrogens is 3. The van der Waals surface area contributed by atoms with Crippen molar-refractivity contribution in [2.24, 2.45) is 0 Å². The zero-order valence-electron chi connectivity index (χ0n) is 12.5. The molecule has 0 radical (unpaired) electrons. The lowest BCUT2D eigenvalue weighted by molar-refractivity contribution is -0.145. The van der Waals surface area contributed by atoms with Crippen LogP contribution in [0.1, 0.15) is 45.0 Å². The Morgan fingerprint density at radius 3 is 2.75 bits per heavy atom. The second kappa shape index (κ2) is 5.23. The standard InChI is InChI=1S/C15H21N3O2/c1-5-6-7-12-17-11-8-10(2)9-16-13(11)18(12)15(3,4)14(19)20/h8-9H,5-7H2,1-4H3,(H,19,20). The normalized spacial score (nSPS) is 12.0. The highest BCUT2D eigenvalue weighted by molar-refractivity contribution is 5.80. The minimum atomic E-state index is -1.06. The fourth-order valence-electron chi connectivity index (χ4n) is 2.30. The van der Waals surface area contributed by atoms with Crippen LogP contribution in [0.15, 0.2) is 12.3 Å². The number of carboxylic acids is 1. The van der Waals surface area contributed by atoms with E-state index in [1.807, 2.05) is 13.0 Å². The Morgan fingerprint density at radius 1 is 1.45 bits per heavy atom. The Morgan fingerprint density at radius 2 is 2.15 bits per heavy atom. The second-order valence-corrected chi connectivity index (χ2v) is 5.69. The third-order valence-electron chi connectivity index (χ3n) is 3.54. The molecule has 0 spiro atoms. The highest BCUT2D eigenvalue weighted by Crippen LogP contribution is 2.26. The average Bonchev–Trinajstić information content (AvgIpc) is 2.73. The first-order chi connectivity index (χ1) is 9.37. The molecular weight excluding hydrogens is 254 g/mol. The number of carboxylic acid groups (broad SMARTS) is 1. The quantitative estimate of drug-likeness (QED) is 0.911. The van der Waals surface area contributed by atoms with E-state index in [1.165, 1.54) is 0 Å².